The van der Waals surface area contributed by atoms with Crippen LogP contribution in [0.15, 0.2) is 28.7 Å². The Morgan fingerprint density at radius 1 is 1.33 bits per heavy atom. The Kier molecular flexibility index (Phi) is 5.16. The molecule has 2 rings (SSSR count). The average molecular weight is 312 g/mol. The molecule has 1 aliphatic rings. The van der Waals surface area contributed by atoms with Crippen molar-refractivity contribution in [3.8, 4) is 0 Å². The largest absolute Gasteiger partial charge is 0.324 e. The summed E-state index contributed by atoms with van der Waals surface area (Å²) in [5.41, 5.74) is 0.829. The Morgan fingerprint density at radius 3 is 3.00 bits per heavy atom. The molecular weight excluding hydrogens is 294 g/mol. The Hall–Kier alpha value is -0.910. The van der Waals surface area contributed by atoms with Crippen molar-refractivity contribution in [2.75, 3.05) is 38.0 Å². The molecule has 0 bridgehead atoms. The first-order chi connectivity index (χ1) is 8.75. The third-order valence-electron chi connectivity index (χ3n) is 2.95. The van der Waals surface area contributed by atoms with E-state index < -0.39 is 0 Å². The summed E-state index contributed by atoms with van der Waals surface area (Å²) < 4.78 is 0.913. The molecule has 1 saturated heterocycles. The smallest absolute Gasteiger partial charge is 0.238 e. The van der Waals surface area contributed by atoms with Gasteiger partial charge in [0.15, 0.2) is 0 Å². The zero-order valence-corrected chi connectivity index (χ0v) is 11.9. The summed E-state index contributed by atoms with van der Waals surface area (Å²) in [6.07, 6.45) is 1.10. The number of hydrogen-bond acceptors (Lipinski definition) is 3. The minimum atomic E-state index is 0.0452. The Balaban J connectivity index is 1.86. The number of nitrogens with one attached hydrogen (secondary N) is 2. The van der Waals surface area contributed by atoms with Crippen LogP contribution in [0.4, 0.5) is 5.69 Å². The second kappa shape index (κ2) is 6.87. The normalized spacial score (nSPS) is 17.2. The summed E-state index contributed by atoms with van der Waals surface area (Å²) >= 11 is 3.42. The van der Waals surface area contributed by atoms with Crippen LogP contribution in [0, 0.1) is 0 Å². The van der Waals surface area contributed by atoms with Crippen molar-refractivity contribution in [3.63, 3.8) is 0 Å². The SMILES string of the molecule is O=C(CN1CCCNCC1)Nc1ccccc1Br. The number of carbonyl (C=O) groups is 1. The highest BCUT2D eigenvalue weighted by Crippen LogP contribution is 2.20. The van der Waals surface area contributed by atoms with Gasteiger partial charge in [0.1, 0.15) is 0 Å². The van der Waals surface area contributed by atoms with Crippen LogP contribution in [0.5, 0.6) is 0 Å². The molecule has 0 unspecified atom stereocenters. The molecule has 0 saturated carbocycles. The van der Waals surface area contributed by atoms with Crippen molar-refractivity contribution in [2.24, 2.45) is 0 Å². The van der Waals surface area contributed by atoms with E-state index in [0.29, 0.717) is 6.54 Å². The summed E-state index contributed by atoms with van der Waals surface area (Å²) in [4.78, 5) is 14.1. The molecule has 98 valence electrons. The van der Waals surface area contributed by atoms with Gasteiger partial charge in [0.25, 0.3) is 0 Å². The van der Waals surface area contributed by atoms with Crippen LogP contribution in [-0.2, 0) is 4.79 Å². The quantitative estimate of drug-likeness (QED) is 0.893. The topological polar surface area (TPSA) is 44.4 Å². The number of amides is 1. The van der Waals surface area contributed by atoms with Crippen molar-refractivity contribution in [2.45, 2.75) is 6.42 Å². The van der Waals surface area contributed by atoms with Crippen LogP contribution < -0.4 is 10.6 Å². The van der Waals surface area contributed by atoms with Crippen molar-refractivity contribution < 1.29 is 4.79 Å². The maximum absolute atomic E-state index is 12.0. The number of nitrogens with zero attached hydrogens (tertiary/aromatic N) is 1. The molecule has 1 aliphatic heterocycles. The van der Waals surface area contributed by atoms with Gasteiger partial charge in [-0.2, -0.15) is 0 Å². The van der Waals surface area contributed by atoms with Crippen molar-refractivity contribution in [1.29, 1.82) is 0 Å². The van der Waals surface area contributed by atoms with Gasteiger partial charge in [-0.15, -0.1) is 0 Å². The minimum Gasteiger partial charge on any atom is -0.324 e. The second-order valence-electron chi connectivity index (χ2n) is 4.41. The van der Waals surface area contributed by atoms with Crippen LogP contribution in [0.25, 0.3) is 0 Å². The van der Waals surface area contributed by atoms with Gasteiger partial charge < -0.3 is 10.6 Å². The zero-order chi connectivity index (χ0) is 12.8. The maximum atomic E-state index is 12.0. The lowest BCUT2D eigenvalue weighted by molar-refractivity contribution is -0.117. The summed E-state index contributed by atoms with van der Waals surface area (Å²) in [7, 11) is 0. The van der Waals surface area contributed by atoms with E-state index in [1.165, 1.54) is 0 Å². The fourth-order valence-corrected chi connectivity index (χ4v) is 2.40. The highest BCUT2D eigenvalue weighted by Gasteiger charge is 2.13. The fourth-order valence-electron chi connectivity index (χ4n) is 2.02. The minimum absolute atomic E-state index is 0.0452. The number of carbonyl (C=O) groups excluding carboxylic acids is 1. The van der Waals surface area contributed by atoms with Crippen LogP contribution >= 0.6 is 15.9 Å². The molecule has 0 spiro atoms. The predicted octanol–water partition coefficient (Wildman–Crippen LogP) is 1.68. The number of benzene rings is 1. The first-order valence-corrected chi connectivity index (χ1v) is 7.02. The molecule has 2 N–H and O–H groups in total. The van der Waals surface area contributed by atoms with Crippen molar-refractivity contribution in [1.82, 2.24) is 10.2 Å². The third kappa shape index (κ3) is 4.08. The molecule has 1 amide bonds. The van der Waals surface area contributed by atoms with Crippen molar-refractivity contribution >= 4 is 27.5 Å². The lowest BCUT2D eigenvalue weighted by atomic mass is 10.3. The molecule has 18 heavy (non-hydrogen) atoms. The van der Waals surface area contributed by atoms with Gasteiger partial charge >= 0.3 is 0 Å². The third-order valence-corrected chi connectivity index (χ3v) is 3.64. The standard InChI is InChI=1S/C13H18BrN3O/c14-11-4-1-2-5-12(11)16-13(18)10-17-8-3-6-15-7-9-17/h1-2,4-5,15H,3,6-10H2,(H,16,18). The van der Waals surface area contributed by atoms with Crippen LogP contribution in [-0.4, -0.2) is 43.5 Å². The van der Waals surface area contributed by atoms with Gasteiger partial charge in [-0.05, 0) is 47.6 Å². The van der Waals surface area contributed by atoms with Gasteiger partial charge in [-0.3, -0.25) is 9.69 Å². The number of para-hydroxylation sites is 1. The second-order valence-corrected chi connectivity index (χ2v) is 5.26. The van der Waals surface area contributed by atoms with E-state index in [-0.39, 0.29) is 5.91 Å². The molecule has 1 fully saturated rings. The van der Waals surface area contributed by atoms with Gasteiger partial charge in [-0.1, -0.05) is 12.1 Å². The summed E-state index contributed by atoms with van der Waals surface area (Å²) in [6.45, 7) is 4.38. The molecule has 0 radical (unpaired) electrons. The van der Waals surface area contributed by atoms with Crippen LogP contribution in [0.3, 0.4) is 0 Å². The predicted molar refractivity (Wildman–Crippen MR) is 76.7 cm³/mol. The highest BCUT2D eigenvalue weighted by atomic mass is 79.9. The molecule has 0 atom stereocenters. The number of hydrogen-bond donors (Lipinski definition) is 2. The zero-order valence-electron chi connectivity index (χ0n) is 10.3. The van der Waals surface area contributed by atoms with Gasteiger partial charge in [-0.25, -0.2) is 0 Å². The first kappa shape index (κ1) is 13.5. The number of anilines is 1. The molecular formula is C13H18BrN3O. The molecule has 1 aromatic rings. The Morgan fingerprint density at radius 2 is 2.17 bits per heavy atom. The maximum Gasteiger partial charge on any atom is 0.238 e. The summed E-state index contributed by atoms with van der Waals surface area (Å²) in [5.74, 6) is 0.0452. The van der Waals surface area contributed by atoms with E-state index in [4.69, 9.17) is 0 Å². The van der Waals surface area contributed by atoms with Crippen molar-refractivity contribution in [3.05, 3.63) is 28.7 Å². The van der Waals surface area contributed by atoms with Gasteiger partial charge in [0.05, 0.1) is 12.2 Å². The van der Waals surface area contributed by atoms with E-state index >= 15 is 0 Å². The number of halogens is 1. The van der Waals surface area contributed by atoms with E-state index in [9.17, 15) is 4.79 Å². The van der Waals surface area contributed by atoms with E-state index in [2.05, 4.69) is 31.5 Å². The average Bonchev–Trinajstić information content (AvgIpc) is 2.61. The van der Waals surface area contributed by atoms with E-state index in [0.717, 1.165) is 42.8 Å². The lowest BCUT2D eigenvalue weighted by Gasteiger charge is -2.18. The molecule has 4 nitrogen and oxygen atoms in total. The van der Waals surface area contributed by atoms with Gasteiger partial charge in [0.2, 0.25) is 5.91 Å². The Labute approximate surface area is 116 Å². The number of rotatable bonds is 3. The summed E-state index contributed by atoms with van der Waals surface area (Å²) in [5, 5.41) is 6.26. The fraction of sp³-hybridized carbons (Fsp3) is 0.462. The first-order valence-electron chi connectivity index (χ1n) is 6.23. The van der Waals surface area contributed by atoms with E-state index in [1.807, 2.05) is 24.3 Å². The molecule has 1 aromatic carbocycles. The van der Waals surface area contributed by atoms with E-state index in [1.54, 1.807) is 0 Å². The molecule has 1 heterocycles. The lowest BCUT2D eigenvalue weighted by Crippen LogP contribution is -2.35. The molecule has 5 heteroatoms. The van der Waals surface area contributed by atoms with Crippen LogP contribution in [0.2, 0.25) is 0 Å². The molecule has 0 aromatic heterocycles. The monoisotopic (exact) mass is 311 g/mol. The Bertz CT molecular complexity index is 403. The van der Waals surface area contributed by atoms with Crippen LogP contribution in [0.1, 0.15) is 6.42 Å². The van der Waals surface area contributed by atoms with Gasteiger partial charge in [0, 0.05) is 17.6 Å². The molecule has 0 aliphatic carbocycles. The highest BCUT2D eigenvalue weighted by molar-refractivity contribution is 9.10. The summed E-state index contributed by atoms with van der Waals surface area (Å²) in [6, 6.07) is 7.66.